The van der Waals surface area contributed by atoms with Crippen molar-refractivity contribution in [3.63, 3.8) is 0 Å². The number of carboxylic acid groups (broad SMARTS) is 1. The van der Waals surface area contributed by atoms with Crippen molar-refractivity contribution in [2.24, 2.45) is 29.4 Å². The van der Waals surface area contributed by atoms with Gasteiger partial charge in [0, 0.05) is 25.3 Å². The maximum absolute atomic E-state index is 11.5. The normalized spacial score (nSPS) is 15.8. The Morgan fingerprint density at radius 3 is 2.34 bits per heavy atom. The Bertz CT molecular complexity index is 716. The van der Waals surface area contributed by atoms with Crippen molar-refractivity contribution in [2.75, 3.05) is 20.8 Å². The van der Waals surface area contributed by atoms with E-state index in [0.717, 1.165) is 24.2 Å². The Labute approximate surface area is 193 Å². The molecule has 0 aromatic heterocycles. The van der Waals surface area contributed by atoms with Crippen LogP contribution >= 0.6 is 0 Å². The number of rotatable bonds is 15. The Morgan fingerprint density at radius 2 is 1.81 bits per heavy atom. The fourth-order valence-electron chi connectivity index (χ4n) is 3.93. The first-order valence-electron chi connectivity index (χ1n) is 11.6. The van der Waals surface area contributed by atoms with E-state index in [1.165, 1.54) is 5.56 Å². The summed E-state index contributed by atoms with van der Waals surface area (Å²) in [6.45, 7) is 8.71. The lowest BCUT2D eigenvalue weighted by Crippen LogP contribution is -2.40. The Hall–Kier alpha value is -1.89. The van der Waals surface area contributed by atoms with Gasteiger partial charge in [-0.3, -0.25) is 4.79 Å². The van der Waals surface area contributed by atoms with Crippen LogP contribution in [0.5, 0.6) is 5.75 Å². The van der Waals surface area contributed by atoms with E-state index in [2.05, 4.69) is 38.1 Å². The summed E-state index contributed by atoms with van der Waals surface area (Å²) in [5.41, 5.74) is 8.55. The molecule has 32 heavy (non-hydrogen) atoms. The van der Waals surface area contributed by atoms with Crippen LogP contribution in [0.2, 0.25) is 0 Å². The lowest BCUT2D eigenvalue weighted by Gasteiger charge is -2.29. The van der Waals surface area contributed by atoms with Gasteiger partial charge in [-0.05, 0) is 61.1 Å². The van der Waals surface area contributed by atoms with Crippen LogP contribution in [0.3, 0.4) is 0 Å². The van der Waals surface area contributed by atoms with Crippen LogP contribution < -0.4 is 10.5 Å². The van der Waals surface area contributed by atoms with Crippen molar-refractivity contribution in [3.05, 3.63) is 35.4 Å². The van der Waals surface area contributed by atoms with Crippen LogP contribution in [0.4, 0.5) is 0 Å². The smallest absolute Gasteiger partial charge is 0.306 e. The quantitative estimate of drug-likeness (QED) is 0.343. The number of aliphatic hydroxyl groups is 1. The van der Waals surface area contributed by atoms with Crippen LogP contribution in [0.15, 0.2) is 24.3 Å². The lowest BCUT2D eigenvalue weighted by atomic mass is 9.81. The van der Waals surface area contributed by atoms with E-state index in [1.54, 1.807) is 14.2 Å². The van der Waals surface area contributed by atoms with Gasteiger partial charge in [0.25, 0.3) is 0 Å². The predicted octanol–water partition coefficient (Wildman–Crippen LogP) is 4.38. The molecule has 0 amide bonds. The minimum Gasteiger partial charge on any atom is -0.496 e. The van der Waals surface area contributed by atoms with Gasteiger partial charge in [0.05, 0.1) is 19.1 Å². The molecule has 1 rings (SSSR count). The molecule has 0 saturated carbocycles. The van der Waals surface area contributed by atoms with Gasteiger partial charge in [0.2, 0.25) is 0 Å². The zero-order valence-corrected chi connectivity index (χ0v) is 20.6. The molecular formula is C26H43NO5. The van der Waals surface area contributed by atoms with Crippen molar-refractivity contribution in [1.82, 2.24) is 0 Å². The van der Waals surface area contributed by atoms with Gasteiger partial charge in [0.15, 0.2) is 0 Å². The molecule has 6 heteroatoms. The van der Waals surface area contributed by atoms with Crippen LogP contribution in [-0.2, 0) is 16.0 Å². The second-order valence-corrected chi connectivity index (χ2v) is 9.36. The van der Waals surface area contributed by atoms with Crippen LogP contribution in [-0.4, -0.2) is 49.2 Å². The highest BCUT2D eigenvalue weighted by molar-refractivity contribution is 5.70. The maximum Gasteiger partial charge on any atom is 0.306 e. The molecule has 0 aliphatic carbocycles. The number of hydrogen-bond acceptors (Lipinski definition) is 5. The monoisotopic (exact) mass is 449 g/mol. The largest absolute Gasteiger partial charge is 0.496 e. The molecule has 0 aliphatic rings. The van der Waals surface area contributed by atoms with Gasteiger partial charge in [-0.15, -0.1) is 0 Å². The molecule has 1 aromatic carbocycles. The van der Waals surface area contributed by atoms with Gasteiger partial charge in [-0.25, -0.2) is 0 Å². The van der Waals surface area contributed by atoms with E-state index < -0.39 is 24.0 Å². The summed E-state index contributed by atoms with van der Waals surface area (Å²) in [5.74, 6) is -0.0652. The molecular weight excluding hydrogens is 406 g/mol. The first kappa shape index (κ1) is 28.1. The summed E-state index contributed by atoms with van der Waals surface area (Å²) in [6.07, 6.45) is 5.76. The maximum atomic E-state index is 11.5. The summed E-state index contributed by atoms with van der Waals surface area (Å²) in [6, 6.07) is 5.73. The average Bonchev–Trinajstić information content (AvgIpc) is 2.73. The molecule has 182 valence electrons. The number of aliphatic hydroxyl groups excluding tert-OH is 1. The van der Waals surface area contributed by atoms with Crippen molar-refractivity contribution in [3.8, 4) is 5.75 Å². The summed E-state index contributed by atoms with van der Waals surface area (Å²) in [7, 11) is 3.35. The molecule has 0 unspecified atom stereocenters. The topological polar surface area (TPSA) is 102 Å². The zero-order chi connectivity index (χ0) is 24.3. The standard InChI is InChI=1S/C26H43NO5/c1-17(2)21(15-23(27)24(28)16-22(18(3)4)26(29)30)14-19-10-11-25(32-6)20(13-19)9-7-8-12-31-5/h7,9-11,13,17-18,21-24,28H,8,12,14-16,27H2,1-6H3,(H,29,30)/t21-,22-,23-,24-/m0/s1. The SMILES string of the molecule is COCCC=Cc1cc(C[C@@H](C[C@H](N)[C@@H](O)C[C@H](C(=O)O)C(C)C)C(C)C)ccc1OC. The minimum absolute atomic E-state index is 0.0510. The van der Waals surface area contributed by atoms with E-state index >= 15 is 0 Å². The second-order valence-electron chi connectivity index (χ2n) is 9.36. The summed E-state index contributed by atoms with van der Waals surface area (Å²) >= 11 is 0. The van der Waals surface area contributed by atoms with Crippen molar-refractivity contribution < 1.29 is 24.5 Å². The van der Waals surface area contributed by atoms with Crippen LogP contribution in [0, 0.1) is 23.7 Å². The van der Waals surface area contributed by atoms with Gasteiger partial charge in [0.1, 0.15) is 5.75 Å². The number of ether oxygens (including phenoxy) is 2. The molecule has 0 bridgehead atoms. The fraction of sp³-hybridized carbons (Fsp3) is 0.654. The third kappa shape index (κ3) is 9.31. The van der Waals surface area contributed by atoms with E-state index in [1.807, 2.05) is 19.9 Å². The number of methoxy groups -OCH3 is 2. The number of carbonyl (C=O) groups is 1. The highest BCUT2D eigenvalue weighted by Crippen LogP contribution is 2.28. The van der Waals surface area contributed by atoms with Crippen molar-refractivity contribution in [1.29, 1.82) is 0 Å². The number of carboxylic acids is 1. The molecule has 4 N–H and O–H groups in total. The van der Waals surface area contributed by atoms with E-state index in [0.29, 0.717) is 18.9 Å². The highest BCUT2D eigenvalue weighted by Gasteiger charge is 2.29. The molecule has 0 saturated heterocycles. The third-order valence-corrected chi connectivity index (χ3v) is 6.21. The van der Waals surface area contributed by atoms with Gasteiger partial charge < -0.3 is 25.4 Å². The number of aliphatic carboxylic acids is 1. The average molecular weight is 450 g/mol. The number of hydrogen-bond donors (Lipinski definition) is 3. The van der Waals surface area contributed by atoms with E-state index in [9.17, 15) is 15.0 Å². The molecule has 1 aromatic rings. The summed E-state index contributed by atoms with van der Waals surface area (Å²) in [4.78, 5) is 11.5. The predicted molar refractivity (Wildman–Crippen MR) is 130 cm³/mol. The summed E-state index contributed by atoms with van der Waals surface area (Å²) in [5, 5.41) is 20.0. The van der Waals surface area contributed by atoms with Gasteiger partial charge in [-0.1, -0.05) is 45.9 Å². The molecule has 0 heterocycles. The first-order valence-corrected chi connectivity index (χ1v) is 11.6. The van der Waals surface area contributed by atoms with Gasteiger partial charge in [-0.2, -0.15) is 0 Å². The highest BCUT2D eigenvalue weighted by atomic mass is 16.5. The van der Waals surface area contributed by atoms with Crippen molar-refractivity contribution >= 4 is 12.0 Å². The van der Waals surface area contributed by atoms with Crippen LogP contribution in [0.1, 0.15) is 58.1 Å². The van der Waals surface area contributed by atoms with Gasteiger partial charge >= 0.3 is 5.97 Å². The number of benzene rings is 1. The molecule has 4 atom stereocenters. The second kappa shape index (κ2) is 14.3. The Morgan fingerprint density at radius 1 is 1.12 bits per heavy atom. The fourth-order valence-corrected chi connectivity index (χ4v) is 3.93. The first-order chi connectivity index (χ1) is 15.1. The molecule has 0 fully saturated rings. The Kier molecular flexibility index (Phi) is 12.6. The molecule has 0 radical (unpaired) electrons. The molecule has 6 nitrogen and oxygen atoms in total. The molecule has 0 spiro atoms. The van der Waals surface area contributed by atoms with Crippen LogP contribution in [0.25, 0.3) is 6.08 Å². The van der Waals surface area contributed by atoms with E-state index in [4.69, 9.17) is 15.2 Å². The van der Waals surface area contributed by atoms with Crippen molar-refractivity contribution in [2.45, 2.75) is 65.5 Å². The Balaban J connectivity index is 2.90. The zero-order valence-electron chi connectivity index (χ0n) is 20.6. The number of nitrogens with two attached hydrogens (primary N) is 1. The summed E-state index contributed by atoms with van der Waals surface area (Å²) < 4.78 is 10.6. The minimum atomic E-state index is -0.879. The lowest BCUT2D eigenvalue weighted by molar-refractivity contribution is -0.144. The molecule has 0 aliphatic heterocycles. The van der Waals surface area contributed by atoms with E-state index in [-0.39, 0.29) is 18.3 Å². The third-order valence-electron chi connectivity index (χ3n) is 6.21.